The molecule has 0 saturated carbocycles. The van der Waals surface area contributed by atoms with Crippen LogP contribution in [0.1, 0.15) is 19.3 Å². The molecule has 7 nitrogen and oxygen atoms in total. The number of alkyl halides is 2. The van der Waals surface area contributed by atoms with Crippen molar-refractivity contribution in [2.45, 2.75) is 31.2 Å². The average molecular weight is 390 g/mol. The molecular weight excluding hydrogens is 366 g/mol. The Labute approximate surface area is 161 Å². The van der Waals surface area contributed by atoms with Gasteiger partial charge in [0.15, 0.2) is 5.65 Å². The first kappa shape index (κ1) is 18.8. The number of likely N-dealkylation sites (tertiary alicyclic amines) is 1. The molecule has 1 fully saturated rings. The molecule has 2 aromatic heterocycles. The fourth-order valence-electron chi connectivity index (χ4n) is 3.79. The van der Waals surface area contributed by atoms with E-state index in [2.05, 4.69) is 25.5 Å². The number of rotatable bonds is 6. The van der Waals surface area contributed by atoms with E-state index in [1.165, 1.54) is 6.33 Å². The molecule has 28 heavy (non-hydrogen) atoms. The van der Waals surface area contributed by atoms with E-state index in [0.29, 0.717) is 30.9 Å². The minimum atomic E-state index is -2.76. The second kappa shape index (κ2) is 7.83. The van der Waals surface area contributed by atoms with E-state index in [9.17, 15) is 8.78 Å². The predicted octanol–water partition coefficient (Wildman–Crippen LogP) is 2.97. The number of hydrogen-bond donors (Lipinski definition) is 2. The Morgan fingerprint density at radius 1 is 1.32 bits per heavy atom. The molecule has 150 valence electrons. The Morgan fingerprint density at radius 3 is 2.86 bits per heavy atom. The number of allylic oxidation sites excluding steroid dienone is 3. The zero-order chi connectivity index (χ0) is 19.6. The summed E-state index contributed by atoms with van der Waals surface area (Å²) in [6.07, 6.45) is 9.98. The Hall–Kier alpha value is -2.55. The van der Waals surface area contributed by atoms with Crippen molar-refractivity contribution in [1.82, 2.24) is 25.1 Å². The molecule has 0 spiro atoms. The third-order valence-electron chi connectivity index (χ3n) is 5.45. The van der Waals surface area contributed by atoms with Gasteiger partial charge in [-0.1, -0.05) is 6.08 Å². The topological polar surface area (TPSA) is 79.0 Å². The summed E-state index contributed by atoms with van der Waals surface area (Å²) < 4.78 is 34.5. The molecule has 1 aliphatic carbocycles. The average Bonchev–Trinajstić information content (AvgIpc) is 3.19. The molecule has 2 aromatic rings. The summed E-state index contributed by atoms with van der Waals surface area (Å²) in [7, 11) is 1.55. The SMILES string of the molecule is COC1=CCC(C(F)(F)CN2CCC(Nc3ncnc4[nH]ncc34)CC2)C=C1. The van der Waals surface area contributed by atoms with Crippen LogP contribution in [0.15, 0.2) is 36.5 Å². The van der Waals surface area contributed by atoms with Gasteiger partial charge in [-0.25, -0.2) is 18.7 Å². The van der Waals surface area contributed by atoms with Crippen LogP contribution in [-0.4, -0.2) is 63.8 Å². The van der Waals surface area contributed by atoms with E-state index >= 15 is 0 Å². The zero-order valence-corrected chi connectivity index (χ0v) is 15.7. The molecule has 0 radical (unpaired) electrons. The molecule has 0 bridgehead atoms. The minimum Gasteiger partial charge on any atom is -0.497 e. The van der Waals surface area contributed by atoms with E-state index in [1.807, 2.05) is 4.90 Å². The highest BCUT2D eigenvalue weighted by atomic mass is 19.3. The molecule has 2 aliphatic rings. The number of halogens is 2. The first-order valence-electron chi connectivity index (χ1n) is 9.48. The Kier molecular flexibility index (Phi) is 5.25. The lowest BCUT2D eigenvalue weighted by atomic mass is 9.92. The smallest absolute Gasteiger partial charge is 0.266 e. The van der Waals surface area contributed by atoms with Crippen molar-refractivity contribution in [3.8, 4) is 0 Å². The molecule has 3 heterocycles. The normalized spacial score (nSPS) is 21.7. The van der Waals surface area contributed by atoms with Gasteiger partial charge in [0.25, 0.3) is 5.92 Å². The summed E-state index contributed by atoms with van der Waals surface area (Å²) in [6.45, 7) is 1.04. The van der Waals surface area contributed by atoms with Crippen LogP contribution >= 0.6 is 0 Å². The third kappa shape index (κ3) is 3.99. The van der Waals surface area contributed by atoms with Crippen LogP contribution in [-0.2, 0) is 4.74 Å². The van der Waals surface area contributed by atoms with Crippen molar-refractivity contribution in [2.24, 2.45) is 5.92 Å². The number of piperidine rings is 1. The quantitative estimate of drug-likeness (QED) is 0.790. The third-order valence-corrected chi connectivity index (χ3v) is 5.45. The van der Waals surface area contributed by atoms with Crippen LogP contribution in [0.2, 0.25) is 0 Å². The number of nitrogens with one attached hydrogen (secondary N) is 2. The summed E-state index contributed by atoms with van der Waals surface area (Å²) in [5, 5.41) is 11.0. The van der Waals surface area contributed by atoms with Gasteiger partial charge in [-0.15, -0.1) is 0 Å². The number of nitrogens with zero attached hydrogens (tertiary/aromatic N) is 4. The van der Waals surface area contributed by atoms with Crippen molar-refractivity contribution < 1.29 is 13.5 Å². The Balaban J connectivity index is 1.30. The molecule has 1 unspecified atom stereocenters. The molecule has 1 saturated heterocycles. The van der Waals surface area contributed by atoms with Crippen LogP contribution in [0.25, 0.3) is 11.0 Å². The second-order valence-electron chi connectivity index (χ2n) is 7.32. The van der Waals surface area contributed by atoms with Gasteiger partial charge in [-0.2, -0.15) is 5.10 Å². The predicted molar refractivity (Wildman–Crippen MR) is 102 cm³/mol. The molecule has 2 N–H and O–H groups in total. The van der Waals surface area contributed by atoms with Crippen molar-refractivity contribution >= 4 is 16.9 Å². The lowest BCUT2D eigenvalue weighted by Crippen LogP contribution is -2.47. The largest absolute Gasteiger partial charge is 0.497 e. The monoisotopic (exact) mass is 390 g/mol. The summed E-state index contributed by atoms with van der Waals surface area (Å²) in [5.41, 5.74) is 0.681. The fourth-order valence-corrected chi connectivity index (χ4v) is 3.79. The van der Waals surface area contributed by atoms with E-state index in [0.717, 1.165) is 24.0 Å². The van der Waals surface area contributed by atoms with Crippen LogP contribution in [0.3, 0.4) is 0 Å². The standard InChI is InChI=1S/C19H24F2N6O/c1-28-15-4-2-13(3-5-15)19(20,21)11-27-8-6-14(7-9-27)25-17-16-10-24-26-18(16)23-12-22-17/h2,4-5,10,12-14H,3,6-9,11H2,1H3,(H2,22,23,24,25,26). The summed E-state index contributed by atoms with van der Waals surface area (Å²) in [4.78, 5) is 10.3. The van der Waals surface area contributed by atoms with Crippen LogP contribution < -0.4 is 5.32 Å². The van der Waals surface area contributed by atoms with Crippen molar-refractivity contribution in [3.63, 3.8) is 0 Å². The summed E-state index contributed by atoms with van der Waals surface area (Å²) in [5.74, 6) is -2.16. The highest BCUT2D eigenvalue weighted by Crippen LogP contribution is 2.34. The van der Waals surface area contributed by atoms with E-state index < -0.39 is 11.8 Å². The lowest BCUT2D eigenvalue weighted by molar-refractivity contribution is -0.0700. The van der Waals surface area contributed by atoms with Gasteiger partial charge in [0.2, 0.25) is 0 Å². The van der Waals surface area contributed by atoms with E-state index in [-0.39, 0.29) is 12.6 Å². The maximum absolute atomic E-state index is 14.7. The van der Waals surface area contributed by atoms with Crippen LogP contribution in [0, 0.1) is 5.92 Å². The second-order valence-corrected chi connectivity index (χ2v) is 7.32. The molecular formula is C19H24F2N6O. The fraction of sp³-hybridized carbons (Fsp3) is 0.526. The maximum atomic E-state index is 14.7. The minimum absolute atomic E-state index is 0.194. The lowest BCUT2D eigenvalue weighted by Gasteiger charge is -2.36. The maximum Gasteiger partial charge on any atom is 0.266 e. The summed E-state index contributed by atoms with van der Waals surface area (Å²) in [6, 6.07) is 0.194. The van der Waals surface area contributed by atoms with Crippen LogP contribution in [0.5, 0.6) is 0 Å². The number of fused-ring (bicyclic) bond motifs is 1. The first-order valence-corrected chi connectivity index (χ1v) is 9.48. The Bertz CT molecular complexity index is 872. The highest BCUT2D eigenvalue weighted by Gasteiger charge is 2.40. The molecule has 9 heteroatoms. The van der Waals surface area contributed by atoms with E-state index in [4.69, 9.17) is 4.74 Å². The van der Waals surface area contributed by atoms with Crippen molar-refractivity contribution in [1.29, 1.82) is 0 Å². The molecule has 4 rings (SSSR count). The van der Waals surface area contributed by atoms with Gasteiger partial charge >= 0.3 is 0 Å². The van der Waals surface area contributed by atoms with Crippen LogP contribution in [0.4, 0.5) is 14.6 Å². The molecule has 1 atom stereocenters. The van der Waals surface area contributed by atoms with E-state index in [1.54, 1.807) is 31.5 Å². The number of anilines is 1. The number of aromatic amines is 1. The van der Waals surface area contributed by atoms with Gasteiger partial charge in [-0.3, -0.25) is 10.00 Å². The Morgan fingerprint density at radius 2 is 2.14 bits per heavy atom. The highest BCUT2D eigenvalue weighted by molar-refractivity contribution is 5.85. The van der Waals surface area contributed by atoms with Gasteiger partial charge in [0.05, 0.1) is 25.2 Å². The first-order chi connectivity index (χ1) is 13.5. The van der Waals surface area contributed by atoms with Gasteiger partial charge in [0.1, 0.15) is 17.9 Å². The number of H-pyrrole nitrogens is 1. The van der Waals surface area contributed by atoms with Gasteiger partial charge in [0, 0.05) is 25.0 Å². The number of methoxy groups -OCH3 is 1. The molecule has 0 aromatic carbocycles. The van der Waals surface area contributed by atoms with Gasteiger partial charge in [-0.05, 0) is 31.4 Å². The number of aromatic nitrogens is 4. The van der Waals surface area contributed by atoms with Crippen molar-refractivity contribution in [2.75, 3.05) is 32.1 Å². The van der Waals surface area contributed by atoms with Gasteiger partial charge < -0.3 is 10.1 Å². The van der Waals surface area contributed by atoms with Crippen molar-refractivity contribution in [3.05, 3.63) is 36.5 Å². The number of ether oxygens (including phenoxy) is 1. The zero-order valence-electron chi connectivity index (χ0n) is 15.7. The number of hydrogen-bond acceptors (Lipinski definition) is 6. The molecule has 0 amide bonds. The summed E-state index contributed by atoms with van der Waals surface area (Å²) >= 11 is 0. The molecule has 1 aliphatic heterocycles.